The number of hydrogen-bond acceptors (Lipinski definition) is 3. The fourth-order valence-electron chi connectivity index (χ4n) is 2.06. The summed E-state index contributed by atoms with van der Waals surface area (Å²) in [5.74, 6) is 1.10. The molecule has 2 rings (SSSR count). The molecule has 0 aliphatic heterocycles. The molecule has 4 nitrogen and oxygen atoms in total. The zero-order valence-corrected chi connectivity index (χ0v) is 11.4. The highest BCUT2D eigenvalue weighted by atomic mass is 15.1. The number of nitrogens with zero attached hydrogens (tertiary/aromatic N) is 4. The van der Waals surface area contributed by atoms with Crippen LogP contribution in [0.3, 0.4) is 0 Å². The lowest BCUT2D eigenvalue weighted by Crippen LogP contribution is -2.21. The zero-order valence-electron chi connectivity index (χ0n) is 11.4. The van der Waals surface area contributed by atoms with E-state index in [1.54, 1.807) is 0 Å². The molecule has 0 unspecified atom stereocenters. The second-order valence-electron chi connectivity index (χ2n) is 4.75. The van der Waals surface area contributed by atoms with Gasteiger partial charge in [-0.15, -0.1) is 0 Å². The summed E-state index contributed by atoms with van der Waals surface area (Å²) in [5.41, 5.74) is 1.89. The predicted molar refractivity (Wildman–Crippen MR) is 74.4 cm³/mol. The minimum Gasteiger partial charge on any atom is -0.338 e. The molecule has 1 aromatic heterocycles. The molecule has 0 atom stereocenters. The second kappa shape index (κ2) is 6.17. The fourth-order valence-corrected chi connectivity index (χ4v) is 2.06. The first-order chi connectivity index (χ1) is 9.19. The predicted octanol–water partition coefficient (Wildman–Crippen LogP) is 1.97. The maximum atomic E-state index is 8.88. The molecule has 0 radical (unpaired) electrons. The van der Waals surface area contributed by atoms with Gasteiger partial charge in [0.05, 0.1) is 11.6 Å². The van der Waals surface area contributed by atoms with Crippen molar-refractivity contribution in [1.29, 1.82) is 5.26 Å². The van der Waals surface area contributed by atoms with Crippen molar-refractivity contribution in [3.05, 3.63) is 53.6 Å². The highest BCUT2D eigenvalue weighted by molar-refractivity contribution is 5.32. The Bertz CT molecular complexity index is 580. The Labute approximate surface area is 113 Å². The van der Waals surface area contributed by atoms with Crippen LogP contribution in [0.5, 0.6) is 0 Å². The number of rotatable bonds is 5. The lowest BCUT2D eigenvalue weighted by atomic mass is 10.1. The van der Waals surface area contributed by atoms with Gasteiger partial charge in [-0.2, -0.15) is 5.26 Å². The quantitative estimate of drug-likeness (QED) is 0.819. The smallest absolute Gasteiger partial charge is 0.109 e. The third-order valence-electron chi connectivity index (χ3n) is 3.15. The summed E-state index contributed by atoms with van der Waals surface area (Å²) in [6.07, 6.45) is 4.72. The topological polar surface area (TPSA) is 44.9 Å². The van der Waals surface area contributed by atoms with Gasteiger partial charge in [-0.3, -0.25) is 0 Å². The Hall–Kier alpha value is -2.12. The van der Waals surface area contributed by atoms with Gasteiger partial charge in [-0.05, 0) is 24.7 Å². The van der Waals surface area contributed by atoms with Crippen molar-refractivity contribution in [3.63, 3.8) is 0 Å². The van der Waals surface area contributed by atoms with Gasteiger partial charge in [-0.25, -0.2) is 4.98 Å². The molecule has 0 fully saturated rings. The van der Waals surface area contributed by atoms with Crippen LogP contribution in [-0.4, -0.2) is 28.0 Å². The summed E-state index contributed by atoms with van der Waals surface area (Å²) in [6, 6.07) is 9.93. The van der Waals surface area contributed by atoms with Gasteiger partial charge in [0.15, 0.2) is 0 Å². The van der Waals surface area contributed by atoms with Gasteiger partial charge in [0.25, 0.3) is 0 Å². The largest absolute Gasteiger partial charge is 0.338 e. The number of imidazole rings is 1. The average Bonchev–Trinajstić information content (AvgIpc) is 2.82. The Kier molecular flexibility index (Phi) is 4.32. The number of likely N-dealkylation sites (N-methyl/N-ethyl adjacent to an activating group) is 1. The fraction of sp³-hybridized carbons (Fsp3) is 0.333. The summed E-state index contributed by atoms with van der Waals surface area (Å²) in [7, 11) is 4.10. The van der Waals surface area contributed by atoms with Gasteiger partial charge < -0.3 is 9.47 Å². The van der Waals surface area contributed by atoms with Crippen molar-refractivity contribution in [2.45, 2.75) is 13.0 Å². The number of aryl methyl sites for hydroxylation is 1. The molecule has 98 valence electrons. The van der Waals surface area contributed by atoms with Crippen LogP contribution in [0.4, 0.5) is 0 Å². The molecule has 0 saturated carbocycles. The Morgan fingerprint density at radius 1 is 1.42 bits per heavy atom. The van der Waals surface area contributed by atoms with Crippen molar-refractivity contribution >= 4 is 0 Å². The molecular formula is C15H18N4. The van der Waals surface area contributed by atoms with E-state index in [4.69, 9.17) is 5.26 Å². The summed E-state index contributed by atoms with van der Waals surface area (Å²) in [5, 5.41) is 8.88. The molecule has 0 bridgehead atoms. The van der Waals surface area contributed by atoms with Crippen LogP contribution in [0, 0.1) is 11.3 Å². The van der Waals surface area contributed by atoms with Crippen molar-refractivity contribution in [2.75, 3.05) is 13.6 Å². The summed E-state index contributed by atoms with van der Waals surface area (Å²) in [6.45, 7) is 1.79. The maximum Gasteiger partial charge on any atom is 0.109 e. The van der Waals surface area contributed by atoms with E-state index < -0.39 is 0 Å². The molecule has 0 aliphatic rings. The number of aromatic nitrogens is 2. The van der Waals surface area contributed by atoms with Crippen molar-refractivity contribution in [1.82, 2.24) is 14.5 Å². The highest BCUT2D eigenvalue weighted by Gasteiger charge is 2.04. The molecule has 19 heavy (non-hydrogen) atoms. The van der Waals surface area contributed by atoms with E-state index in [1.165, 1.54) is 5.56 Å². The van der Waals surface area contributed by atoms with E-state index in [-0.39, 0.29) is 0 Å². The van der Waals surface area contributed by atoms with Gasteiger partial charge in [0.2, 0.25) is 0 Å². The van der Waals surface area contributed by atoms with Gasteiger partial charge >= 0.3 is 0 Å². The third-order valence-corrected chi connectivity index (χ3v) is 3.15. The normalized spacial score (nSPS) is 10.6. The lowest BCUT2D eigenvalue weighted by Gasteiger charge is -2.16. The van der Waals surface area contributed by atoms with Gasteiger partial charge in [0, 0.05) is 39.0 Å². The molecule has 0 amide bonds. The minimum absolute atomic E-state index is 0.718. The monoisotopic (exact) mass is 254 g/mol. The van der Waals surface area contributed by atoms with Crippen LogP contribution in [0.25, 0.3) is 0 Å². The molecular weight excluding hydrogens is 236 g/mol. The maximum absolute atomic E-state index is 8.88. The molecule has 0 spiro atoms. The molecule has 0 aliphatic carbocycles. The Balaban J connectivity index is 1.89. The third kappa shape index (κ3) is 3.67. The standard InChI is InChI=1S/C15H18N4/c1-18(8-6-15-17-7-9-19(15)2)12-14-5-3-4-13(10-14)11-16/h3-5,7,9-10H,6,8,12H2,1-2H3. The number of benzene rings is 1. The second-order valence-corrected chi connectivity index (χ2v) is 4.75. The molecule has 1 aromatic carbocycles. The molecule has 2 aromatic rings. The summed E-state index contributed by atoms with van der Waals surface area (Å²) in [4.78, 5) is 6.56. The van der Waals surface area contributed by atoms with Crippen molar-refractivity contribution in [2.24, 2.45) is 7.05 Å². The summed E-state index contributed by atoms with van der Waals surface area (Å²) < 4.78 is 2.05. The van der Waals surface area contributed by atoms with Gasteiger partial charge in [0.1, 0.15) is 5.82 Å². The number of hydrogen-bond donors (Lipinski definition) is 0. The minimum atomic E-state index is 0.718. The van der Waals surface area contributed by atoms with Crippen LogP contribution < -0.4 is 0 Å². The van der Waals surface area contributed by atoms with Gasteiger partial charge in [-0.1, -0.05) is 12.1 Å². The molecule has 1 heterocycles. The first-order valence-corrected chi connectivity index (χ1v) is 6.33. The van der Waals surface area contributed by atoms with Crippen LogP contribution in [0.15, 0.2) is 36.7 Å². The molecule has 0 saturated heterocycles. The SMILES string of the molecule is CN(CCc1nccn1C)Cc1cccc(C#N)c1. The van der Waals surface area contributed by atoms with Crippen molar-refractivity contribution in [3.8, 4) is 6.07 Å². The molecule has 4 heteroatoms. The Morgan fingerprint density at radius 3 is 2.95 bits per heavy atom. The van der Waals surface area contributed by atoms with E-state index in [0.29, 0.717) is 0 Å². The van der Waals surface area contributed by atoms with Crippen LogP contribution in [0.2, 0.25) is 0 Å². The van der Waals surface area contributed by atoms with Crippen molar-refractivity contribution < 1.29 is 0 Å². The summed E-state index contributed by atoms with van der Waals surface area (Å²) >= 11 is 0. The first-order valence-electron chi connectivity index (χ1n) is 6.33. The van der Waals surface area contributed by atoms with E-state index in [0.717, 1.165) is 30.9 Å². The zero-order chi connectivity index (χ0) is 13.7. The lowest BCUT2D eigenvalue weighted by molar-refractivity contribution is 0.327. The van der Waals surface area contributed by atoms with E-state index >= 15 is 0 Å². The highest BCUT2D eigenvalue weighted by Crippen LogP contribution is 2.07. The van der Waals surface area contributed by atoms with Crippen LogP contribution >= 0.6 is 0 Å². The average molecular weight is 254 g/mol. The van der Waals surface area contributed by atoms with Crippen LogP contribution in [0.1, 0.15) is 17.0 Å². The molecule has 0 N–H and O–H groups in total. The number of nitriles is 1. The Morgan fingerprint density at radius 2 is 2.26 bits per heavy atom. The van der Waals surface area contributed by atoms with E-state index in [1.807, 2.05) is 42.2 Å². The van der Waals surface area contributed by atoms with Crippen LogP contribution in [-0.2, 0) is 20.0 Å². The first kappa shape index (κ1) is 13.3. The van der Waals surface area contributed by atoms with E-state index in [9.17, 15) is 0 Å². The van der Waals surface area contributed by atoms with E-state index in [2.05, 4.69) is 29.1 Å².